The topological polar surface area (TPSA) is 12.0 Å². The van der Waals surface area contributed by atoms with Gasteiger partial charge in [0.1, 0.15) is 0 Å². The molecule has 2 rings (SSSR count). The maximum absolute atomic E-state index is 5.97. The van der Waals surface area contributed by atoms with Gasteiger partial charge in [0.25, 0.3) is 0 Å². The lowest BCUT2D eigenvalue weighted by molar-refractivity contribution is 0.511. The van der Waals surface area contributed by atoms with E-state index in [0.29, 0.717) is 6.04 Å². The Hall–Kier alpha value is -0.180. The molecule has 0 amide bonds. The molecule has 1 aromatic rings. The SMILES string of the molecule is CCCNC(CSC1CCCCC1)Cc1ccc(Cl)cc1. The van der Waals surface area contributed by atoms with E-state index in [1.54, 1.807) is 0 Å². The molecule has 1 aliphatic rings. The van der Waals surface area contributed by atoms with Gasteiger partial charge >= 0.3 is 0 Å². The highest BCUT2D eigenvalue weighted by Crippen LogP contribution is 2.29. The number of rotatable bonds is 8. The van der Waals surface area contributed by atoms with Crippen LogP contribution in [0.5, 0.6) is 0 Å². The van der Waals surface area contributed by atoms with Gasteiger partial charge in [-0.2, -0.15) is 11.8 Å². The molecule has 118 valence electrons. The molecule has 0 heterocycles. The zero-order valence-corrected chi connectivity index (χ0v) is 14.7. The molecule has 21 heavy (non-hydrogen) atoms. The Bertz CT molecular complexity index is 387. The number of hydrogen-bond donors (Lipinski definition) is 1. The Morgan fingerprint density at radius 1 is 1.19 bits per heavy atom. The smallest absolute Gasteiger partial charge is 0.0406 e. The Morgan fingerprint density at radius 2 is 1.90 bits per heavy atom. The number of nitrogens with one attached hydrogen (secondary N) is 1. The molecule has 1 N–H and O–H groups in total. The predicted octanol–water partition coefficient (Wildman–Crippen LogP) is 5.32. The Balaban J connectivity index is 1.82. The third kappa shape index (κ3) is 6.63. The van der Waals surface area contributed by atoms with Gasteiger partial charge in [-0.15, -0.1) is 0 Å². The molecular weight excluding hydrogens is 298 g/mol. The summed E-state index contributed by atoms with van der Waals surface area (Å²) in [6, 6.07) is 8.91. The number of halogens is 1. The lowest BCUT2D eigenvalue weighted by Gasteiger charge is -2.25. The number of benzene rings is 1. The van der Waals surface area contributed by atoms with Gasteiger partial charge in [0.05, 0.1) is 0 Å². The third-order valence-corrected chi connectivity index (χ3v) is 5.95. The van der Waals surface area contributed by atoms with Crippen LogP contribution >= 0.6 is 23.4 Å². The van der Waals surface area contributed by atoms with Crippen LogP contribution in [-0.4, -0.2) is 23.6 Å². The summed E-state index contributed by atoms with van der Waals surface area (Å²) >= 11 is 8.16. The van der Waals surface area contributed by atoms with Crippen molar-refractivity contribution in [2.24, 2.45) is 0 Å². The molecule has 0 spiro atoms. The van der Waals surface area contributed by atoms with Gasteiger partial charge in [0.2, 0.25) is 0 Å². The van der Waals surface area contributed by atoms with E-state index >= 15 is 0 Å². The summed E-state index contributed by atoms with van der Waals surface area (Å²) in [6.45, 7) is 3.35. The first-order valence-corrected chi connectivity index (χ1v) is 9.80. The highest BCUT2D eigenvalue weighted by atomic mass is 35.5. The van der Waals surface area contributed by atoms with Gasteiger partial charge in [-0.1, -0.05) is 49.9 Å². The van der Waals surface area contributed by atoms with E-state index in [0.717, 1.165) is 23.2 Å². The molecular formula is C18H28ClNS. The highest BCUT2D eigenvalue weighted by Gasteiger charge is 2.16. The van der Waals surface area contributed by atoms with E-state index in [1.165, 1.54) is 49.8 Å². The predicted molar refractivity (Wildman–Crippen MR) is 96.6 cm³/mol. The van der Waals surface area contributed by atoms with Crippen LogP contribution in [0.1, 0.15) is 51.0 Å². The molecule has 0 saturated heterocycles. The van der Waals surface area contributed by atoms with E-state index in [9.17, 15) is 0 Å². The van der Waals surface area contributed by atoms with Gasteiger partial charge in [-0.25, -0.2) is 0 Å². The lowest BCUT2D eigenvalue weighted by Crippen LogP contribution is -2.34. The fourth-order valence-corrected chi connectivity index (χ4v) is 4.46. The van der Waals surface area contributed by atoms with E-state index in [1.807, 2.05) is 12.1 Å². The zero-order valence-electron chi connectivity index (χ0n) is 13.1. The summed E-state index contributed by atoms with van der Waals surface area (Å²) in [7, 11) is 0. The summed E-state index contributed by atoms with van der Waals surface area (Å²) < 4.78 is 0. The van der Waals surface area contributed by atoms with Crippen LogP contribution in [-0.2, 0) is 6.42 Å². The van der Waals surface area contributed by atoms with Crippen LogP contribution in [0.3, 0.4) is 0 Å². The quantitative estimate of drug-likeness (QED) is 0.694. The lowest BCUT2D eigenvalue weighted by atomic mass is 10.0. The molecule has 1 nitrogen and oxygen atoms in total. The fourth-order valence-electron chi connectivity index (χ4n) is 2.93. The molecule has 1 aromatic carbocycles. The Kier molecular flexibility index (Phi) is 7.98. The minimum atomic E-state index is 0.582. The average Bonchev–Trinajstić information content (AvgIpc) is 2.53. The minimum absolute atomic E-state index is 0.582. The second-order valence-electron chi connectivity index (χ2n) is 6.07. The number of thioether (sulfide) groups is 1. The van der Waals surface area contributed by atoms with Crippen molar-refractivity contribution in [2.75, 3.05) is 12.3 Å². The summed E-state index contributed by atoms with van der Waals surface area (Å²) in [4.78, 5) is 0. The normalized spacial score (nSPS) is 17.8. The van der Waals surface area contributed by atoms with E-state index in [4.69, 9.17) is 11.6 Å². The average molecular weight is 326 g/mol. The maximum atomic E-state index is 5.97. The van der Waals surface area contributed by atoms with Crippen molar-refractivity contribution in [3.05, 3.63) is 34.9 Å². The highest BCUT2D eigenvalue weighted by molar-refractivity contribution is 7.99. The molecule has 3 heteroatoms. The van der Waals surface area contributed by atoms with Crippen LogP contribution in [0.4, 0.5) is 0 Å². The van der Waals surface area contributed by atoms with Gasteiger partial charge < -0.3 is 5.32 Å². The second kappa shape index (κ2) is 9.76. The first kappa shape index (κ1) is 17.2. The third-order valence-electron chi connectivity index (χ3n) is 4.16. The van der Waals surface area contributed by atoms with Gasteiger partial charge in [0, 0.05) is 22.1 Å². The molecule has 1 aliphatic carbocycles. The first-order valence-electron chi connectivity index (χ1n) is 8.37. The standard InChI is InChI=1S/C18H28ClNS/c1-2-12-20-17(13-15-8-10-16(19)11-9-15)14-21-18-6-4-3-5-7-18/h8-11,17-18,20H,2-7,12-14H2,1H3. The molecule has 1 unspecified atom stereocenters. The van der Waals surface area contributed by atoms with Crippen LogP contribution < -0.4 is 5.32 Å². The van der Waals surface area contributed by atoms with Crippen molar-refractivity contribution in [3.63, 3.8) is 0 Å². The second-order valence-corrected chi connectivity index (χ2v) is 7.84. The molecule has 0 aliphatic heterocycles. The molecule has 1 fully saturated rings. The van der Waals surface area contributed by atoms with Gasteiger partial charge in [-0.3, -0.25) is 0 Å². The van der Waals surface area contributed by atoms with E-state index in [-0.39, 0.29) is 0 Å². The largest absolute Gasteiger partial charge is 0.313 e. The first-order chi connectivity index (χ1) is 10.3. The molecule has 1 atom stereocenters. The Morgan fingerprint density at radius 3 is 2.57 bits per heavy atom. The minimum Gasteiger partial charge on any atom is -0.313 e. The van der Waals surface area contributed by atoms with Crippen molar-refractivity contribution >= 4 is 23.4 Å². The van der Waals surface area contributed by atoms with Crippen LogP contribution in [0.25, 0.3) is 0 Å². The van der Waals surface area contributed by atoms with Crippen LogP contribution in [0.2, 0.25) is 5.02 Å². The van der Waals surface area contributed by atoms with Gasteiger partial charge in [0.15, 0.2) is 0 Å². The summed E-state index contributed by atoms with van der Waals surface area (Å²) in [6.07, 6.45) is 9.46. The van der Waals surface area contributed by atoms with Crippen molar-refractivity contribution in [3.8, 4) is 0 Å². The fraction of sp³-hybridized carbons (Fsp3) is 0.667. The van der Waals surface area contributed by atoms with E-state index < -0.39 is 0 Å². The summed E-state index contributed by atoms with van der Waals surface area (Å²) in [5, 5.41) is 5.44. The van der Waals surface area contributed by atoms with Crippen molar-refractivity contribution < 1.29 is 0 Å². The summed E-state index contributed by atoms with van der Waals surface area (Å²) in [5.41, 5.74) is 1.39. The molecule has 0 bridgehead atoms. The van der Waals surface area contributed by atoms with E-state index in [2.05, 4.69) is 36.1 Å². The Labute approximate surface area is 139 Å². The van der Waals surface area contributed by atoms with Crippen molar-refractivity contribution in [2.45, 2.75) is 63.2 Å². The summed E-state index contributed by atoms with van der Waals surface area (Å²) in [5.74, 6) is 1.23. The van der Waals surface area contributed by atoms with Crippen molar-refractivity contribution in [1.29, 1.82) is 0 Å². The molecule has 0 aromatic heterocycles. The van der Waals surface area contributed by atoms with Crippen LogP contribution in [0.15, 0.2) is 24.3 Å². The van der Waals surface area contributed by atoms with Gasteiger partial charge in [-0.05, 0) is 49.9 Å². The zero-order chi connectivity index (χ0) is 14.9. The van der Waals surface area contributed by atoms with Crippen molar-refractivity contribution in [1.82, 2.24) is 5.32 Å². The molecule has 0 radical (unpaired) electrons. The van der Waals surface area contributed by atoms with Crippen LogP contribution in [0, 0.1) is 0 Å². The number of hydrogen-bond acceptors (Lipinski definition) is 2. The monoisotopic (exact) mass is 325 g/mol. The molecule has 1 saturated carbocycles. The maximum Gasteiger partial charge on any atom is 0.0406 e.